The molecule has 1 atom stereocenters. The summed E-state index contributed by atoms with van der Waals surface area (Å²) in [6.45, 7) is 6.10. The van der Waals surface area contributed by atoms with Crippen LogP contribution >= 0.6 is 12.4 Å². The van der Waals surface area contributed by atoms with Crippen molar-refractivity contribution in [3.05, 3.63) is 29.3 Å². The third-order valence-electron chi connectivity index (χ3n) is 3.29. The minimum atomic E-state index is 0. The van der Waals surface area contributed by atoms with Crippen LogP contribution in [-0.4, -0.2) is 19.0 Å². The highest BCUT2D eigenvalue weighted by Crippen LogP contribution is 2.18. The molecule has 4 heteroatoms. The van der Waals surface area contributed by atoms with Crippen LogP contribution in [0.1, 0.15) is 24.0 Å². The maximum absolute atomic E-state index is 11.9. The Bertz CT molecular complexity index is 414. The maximum Gasteiger partial charge on any atom is 0.224 e. The molecule has 0 saturated carbocycles. The van der Waals surface area contributed by atoms with Crippen molar-refractivity contribution in [1.82, 2.24) is 5.32 Å². The SMILES string of the molecule is Cc1ccc(NC(=O)CC2CCNC2)c(C)c1.Cl. The first-order chi connectivity index (χ1) is 8.15. The second kappa shape index (κ2) is 6.76. The number of anilines is 1. The van der Waals surface area contributed by atoms with Crippen LogP contribution in [-0.2, 0) is 4.79 Å². The zero-order valence-corrected chi connectivity index (χ0v) is 11.8. The van der Waals surface area contributed by atoms with Gasteiger partial charge in [-0.3, -0.25) is 4.79 Å². The van der Waals surface area contributed by atoms with Gasteiger partial charge >= 0.3 is 0 Å². The van der Waals surface area contributed by atoms with E-state index in [1.807, 2.05) is 19.1 Å². The van der Waals surface area contributed by atoms with Crippen molar-refractivity contribution in [2.75, 3.05) is 18.4 Å². The molecular formula is C14H21ClN2O. The van der Waals surface area contributed by atoms with Gasteiger partial charge in [0, 0.05) is 12.1 Å². The summed E-state index contributed by atoms with van der Waals surface area (Å²) in [7, 11) is 0. The first-order valence-electron chi connectivity index (χ1n) is 6.23. The van der Waals surface area contributed by atoms with Crippen LogP contribution < -0.4 is 10.6 Å². The monoisotopic (exact) mass is 268 g/mol. The molecule has 1 fully saturated rings. The highest BCUT2D eigenvalue weighted by Gasteiger charge is 2.18. The van der Waals surface area contributed by atoms with E-state index in [9.17, 15) is 4.79 Å². The number of benzene rings is 1. The van der Waals surface area contributed by atoms with Crippen LogP contribution in [0.2, 0.25) is 0 Å². The average molecular weight is 269 g/mol. The topological polar surface area (TPSA) is 41.1 Å². The molecule has 2 N–H and O–H groups in total. The van der Waals surface area contributed by atoms with E-state index < -0.39 is 0 Å². The van der Waals surface area contributed by atoms with Gasteiger partial charge in [-0.1, -0.05) is 17.7 Å². The smallest absolute Gasteiger partial charge is 0.224 e. The zero-order valence-electron chi connectivity index (χ0n) is 11.0. The van der Waals surface area contributed by atoms with E-state index in [0.29, 0.717) is 12.3 Å². The second-order valence-electron chi connectivity index (χ2n) is 4.93. The lowest BCUT2D eigenvalue weighted by Crippen LogP contribution is -2.18. The molecule has 100 valence electrons. The number of rotatable bonds is 3. The highest BCUT2D eigenvalue weighted by atomic mass is 35.5. The molecule has 1 saturated heterocycles. The van der Waals surface area contributed by atoms with Gasteiger partial charge in [-0.15, -0.1) is 12.4 Å². The molecule has 1 aromatic rings. The molecule has 18 heavy (non-hydrogen) atoms. The van der Waals surface area contributed by atoms with Gasteiger partial charge in [-0.25, -0.2) is 0 Å². The minimum absolute atomic E-state index is 0. The summed E-state index contributed by atoms with van der Waals surface area (Å²) in [5, 5.41) is 6.28. The van der Waals surface area contributed by atoms with Crippen LogP contribution in [0.5, 0.6) is 0 Å². The molecule has 0 aromatic heterocycles. The molecule has 1 heterocycles. The number of nitrogens with one attached hydrogen (secondary N) is 2. The number of halogens is 1. The Morgan fingerprint density at radius 2 is 2.22 bits per heavy atom. The maximum atomic E-state index is 11.9. The van der Waals surface area contributed by atoms with Crippen LogP contribution in [0.15, 0.2) is 18.2 Å². The Labute approximate surface area is 115 Å². The van der Waals surface area contributed by atoms with Crippen LogP contribution in [0.4, 0.5) is 5.69 Å². The Kier molecular flexibility index (Phi) is 5.63. The van der Waals surface area contributed by atoms with Gasteiger partial charge in [0.25, 0.3) is 0 Å². The molecule has 1 amide bonds. The van der Waals surface area contributed by atoms with Crippen molar-refractivity contribution in [3.63, 3.8) is 0 Å². The summed E-state index contributed by atoms with van der Waals surface area (Å²) in [6, 6.07) is 6.10. The van der Waals surface area contributed by atoms with Crippen molar-refractivity contribution in [2.24, 2.45) is 5.92 Å². The van der Waals surface area contributed by atoms with Crippen molar-refractivity contribution in [1.29, 1.82) is 0 Å². The predicted molar refractivity (Wildman–Crippen MR) is 77.4 cm³/mol. The summed E-state index contributed by atoms with van der Waals surface area (Å²) in [6.07, 6.45) is 1.74. The van der Waals surface area contributed by atoms with Crippen molar-refractivity contribution >= 4 is 24.0 Å². The van der Waals surface area contributed by atoms with Gasteiger partial charge in [0.05, 0.1) is 0 Å². The van der Waals surface area contributed by atoms with Gasteiger partial charge in [0.15, 0.2) is 0 Å². The lowest BCUT2D eigenvalue weighted by Gasteiger charge is -2.11. The number of aryl methyl sites for hydroxylation is 2. The highest BCUT2D eigenvalue weighted by molar-refractivity contribution is 5.91. The quantitative estimate of drug-likeness (QED) is 0.885. The molecule has 0 bridgehead atoms. The average Bonchev–Trinajstić information content (AvgIpc) is 2.75. The third-order valence-corrected chi connectivity index (χ3v) is 3.29. The predicted octanol–water partition coefficient (Wildman–Crippen LogP) is 2.66. The van der Waals surface area contributed by atoms with E-state index in [-0.39, 0.29) is 18.3 Å². The van der Waals surface area contributed by atoms with Crippen molar-refractivity contribution < 1.29 is 4.79 Å². The Morgan fingerprint density at radius 1 is 1.44 bits per heavy atom. The number of carbonyl (C=O) groups excluding carboxylic acids is 1. The molecule has 0 aliphatic carbocycles. The van der Waals surface area contributed by atoms with E-state index in [4.69, 9.17) is 0 Å². The molecule has 3 nitrogen and oxygen atoms in total. The van der Waals surface area contributed by atoms with E-state index in [1.54, 1.807) is 0 Å². The van der Waals surface area contributed by atoms with Crippen LogP contribution in [0.3, 0.4) is 0 Å². The number of carbonyl (C=O) groups is 1. The Morgan fingerprint density at radius 3 is 2.83 bits per heavy atom. The van der Waals surface area contributed by atoms with Gasteiger partial charge in [0.2, 0.25) is 5.91 Å². The molecule has 1 aromatic carbocycles. The fraction of sp³-hybridized carbons (Fsp3) is 0.500. The van der Waals surface area contributed by atoms with Crippen LogP contribution in [0, 0.1) is 19.8 Å². The first kappa shape index (κ1) is 15.0. The first-order valence-corrected chi connectivity index (χ1v) is 6.23. The van der Waals surface area contributed by atoms with Crippen LogP contribution in [0.25, 0.3) is 0 Å². The van der Waals surface area contributed by atoms with Gasteiger partial charge < -0.3 is 10.6 Å². The Balaban J connectivity index is 0.00000162. The van der Waals surface area contributed by atoms with Gasteiger partial charge in [-0.05, 0) is 50.9 Å². The van der Waals surface area contributed by atoms with E-state index in [0.717, 1.165) is 30.8 Å². The molecular weight excluding hydrogens is 248 g/mol. The lowest BCUT2D eigenvalue weighted by atomic mass is 10.0. The number of amides is 1. The molecule has 0 spiro atoms. The van der Waals surface area contributed by atoms with Crippen molar-refractivity contribution in [3.8, 4) is 0 Å². The molecule has 1 unspecified atom stereocenters. The molecule has 1 aliphatic rings. The van der Waals surface area contributed by atoms with Crippen molar-refractivity contribution in [2.45, 2.75) is 26.7 Å². The standard InChI is InChI=1S/C14H20N2O.ClH/c1-10-3-4-13(11(2)7-10)16-14(17)8-12-5-6-15-9-12;/h3-4,7,12,15H,5-6,8-9H2,1-2H3,(H,16,17);1H. The normalized spacial score (nSPS) is 18.2. The summed E-state index contributed by atoms with van der Waals surface area (Å²) in [5.41, 5.74) is 3.29. The van der Waals surface area contributed by atoms with E-state index in [2.05, 4.69) is 23.6 Å². The third kappa shape index (κ3) is 4.00. The summed E-state index contributed by atoms with van der Waals surface area (Å²) in [5.74, 6) is 0.631. The lowest BCUT2D eigenvalue weighted by molar-refractivity contribution is -0.116. The number of hydrogen-bond donors (Lipinski definition) is 2. The fourth-order valence-corrected chi connectivity index (χ4v) is 2.31. The van der Waals surface area contributed by atoms with E-state index >= 15 is 0 Å². The summed E-state index contributed by atoms with van der Waals surface area (Å²) in [4.78, 5) is 11.9. The second-order valence-corrected chi connectivity index (χ2v) is 4.93. The largest absolute Gasteiger partial charge is 0.326 e. The fourth-order valence-electron chi connectivity index (χ4n) is 2.31. The van der Waals surface area contributed by atoms with Gasteiger partial charge in [0.1, 0.15) is 0 Å². The van der Waals surface area contributed by atoms with E-state index in [1.165, 1.54) is 5.56 Å². The molecule has 0 radical (unpaired) electrons. The summed E-state index contributed by atoms with van der Waals surface area (Å²) < 4.78 is 0. The summed E-state index contributed by atoms with van der Waals surface area (Å²) >= 11 is 0. The number of hydrogen-bond acceptors (Lipinski definition) is 2. The molecule has 2 rings (SSSR count). The minimum Gasteiger partial charge on any atom is -0.326 e. The van der Waals surface area contributed by atoms with Gasteiger partial charge in [-0.2, -0.15) is 0 Å². The Hall–Kier alpha value is -1.06. The zero-order chi connectivity index (χ0) is 12.3. The molecule has 1 aliphatic heterocycles.